The molecule has 0 unspecified atom stereocenters. The van der Waals surface area contributed by atoms with Crippen molar-refractivity contribution in [3.63, 3.8) is 0 Å². The van der Waals surface area contributed by atoms with Crippen molar-refractivity contribution >= 4 is 40.6 Å². The number of piperazine rings is 1. The molecule has 3 aromatic carbocycles. The van der Waals surface area contributed by atoms with Gasteiger partial charge in [-0.25, -0.2) is 4.79 Å². The number of nitrogen functional groups attached to an aromatic ring is 1. The van der Waals surface area contributed by atoms with Crippen molar-refractivity contribution in [2.75, 3.05) is 44.3 Å². The average Bonchev–Trinajstić information content (AvgIpc) is 3.56. The maximum atomic E-state index is 13.8. The number of rotatable bonds is 9. The fourth-order valence-electron chi connectivity index (χ4n) is 5.13. The van der Waals surface area contributed by atoms with Crippen molar-refractivity contribution in [3.8, 4) is 10.4 Å². The lowest BCUT2D eigenvalue weighted by molar-refractivity contribution is -0.138. The molecule has 222 valence electrons. The number of nitrogens with zero attached hydrogens (tertiary/aromatic N) is 3. The lowest BCUT2D eigenvalue weighted by Crippen LogP contribution is -2.55. The second-order valence-electron chi connectivity index (χ2n) is 10.7. The van der Waals surface area contributed by atoms with E-state index in [1.54, 1.807) is 46.6 Å². The minimum atomic E-state index is -1.16. The molecule has 9 nitrogen and oxygen atoms in total. The molecule has 5 rings (SSSR count). The molecule has 2 heterocycles. The highest BCUT2D eigenvalue weighted by Crippen LogP contribution is 2.30. The Kier molecular flexibility index (Phi) is 9.38. The second kappa shape index (κ2) is 13.5. The number of carbonyl (C=O) groups excluding carboxylic acids is 2. The second-order valence-corrected chi connectivity index (χ2v) is 11.6. The van der Waals surface area contributed by atoms with Crippen LogP contribution in [-0.4, -0.2) is 77.0 Å². The summed E-state index contributed by atoms with van der Waals surface area (Å²) in [5.41, 5.74) is 10.1. The fraction of sp³-hybridized carbons (Fsp3) is 0.242. The summed E-state index contributed by atoms with van der Waals surface area (Å²) >= 11 is 1.60. The highest BCUT2D eigenvalue weighted by atomic mass is 32.1. The van der Waals surface area contributed by atoms with E-state index in [4.69, 9.17) is 5.73 Å². The van der Waals surface area contributed by atoms with Crippen LogP contribution in [0, 0.1) is 0 Å². The van der Waals surface area contributed by atoms with Gasteiger partial charge in [0.25, 0.3) is 5.91 Å². The van der Waals surface area contributed by atoms with Crippen LogP contribution in [0.25, 0.3) is 10.4 Å². The summed E-state index contributed by atoms with van der Waals surface area (Å²) in [5.74, 6) is -0.530. The van der Waals surface area contributed by atoms with Crippen molar-refractivity contribution in [2.24, 2.45) is 0 Å². The molecule has 3 amide bonds. The van der Waals surface area contributed by atoms with Gasteiger partial charge < -0.3 is 26.0 Å². The summed E-state index contributed by atoms with van der Waals surface area (Å²) in [6.07, 6.45) is -0.975. The van der Waals surface area contributed by atoms with Crippen molar-refractivity contribution in [3.05, 3.63) is 107 Å². The van der Waals surface area contributed by atoms with Crippen molar-refractivity contribution in [2.45, 2.75) is 19.0 Å². The lowest BCUT2D eigenvalue weighted by Gasteiger charge is -2.37. The SMILES string of the molecule is CN1CCN(C(=O)[C@H](Cc2ccc(C(=O)Nc3cc(-c4cccs4)ccc3N)cc2)N(Cc2ccccc2)C(=O)O)CC1. The maximum absolute atomic E-state index is 13.8. The number of carbonyl (C=O) groups is 3. The van der Waals surface area contributed by atoms with Crippen LogP contribution in [0.5, 0.6) is 0 Å². The van der Waals surface area contributed by atoms with Gasteiger partial charge in [0.15, 0.2) is 0 Å². The Bertz CT molecular complexity index is 1550. The summed E-state index contributed by atoms with van der Waals surface area (Å²) in [7, 11) is 2.00. The summed E-state index contributed by atoms with van der Waals surface area (Å²) in [6, 6.07) is 24.8. The van der Waals surface area contributed by atoms with Gasteiger partial charge in [-0.05, 0) is 59.4 Å². The minimum absolute atomic E-state index is 0.0900. The summed E-state index contributed by atoms with van der Waals surface area (Å²) < 4.78 is 0. The molecule has 4 N–H and O–H groups in total. The molecule has 1 aliphatic heterocycles. The lowest BCUT2D eigenvalue weighted by atomic mass is 10.0. The quantitative estimate of drug-likeness (QED) is 0.231. The first-order valence-corrected chi connectivity index (χ1v) is 15.0. The van der Waals surface area contributed by atoms with Gasteiger partial charge in [-0.1, -0.05) is 54.6 Å². The Labute approximate surface area is 255 Å². The van der Waals surface area contributed by atoms with Crippen LogP contribution in [0.2, 0.25) is 0 Å². The monoisotopic (exact) mass is 597 g/mol. The topological polar surface area (TPSA) is 119 Å². The summed E-state index contributed by atoms with van der Waals surface area (Å²) in [6.45, 7) is 2.64. The number of hydrogen-bond donors (Lipinski definition) is 3. The number of anilines is 2. The molecule has 0 aliphatic carbocycles. The number of amides is 3. The third-order valence-electron chi connectivity index (χ3n) is 7.67. The zero-order chi connectivity index (χ0) is 30.3. The first-order valence-electron chi connectivity index (χ1n) is 14.1. The normalized spacial score (nSPS) is 14.2. The molecule has 1 saturated heterocycles. The Morgan fingerprint density at radius 1 is 0.930 bits per heavy atom. The number of benzene rings is 3. The van der Waals surface area contributed by atoms with Crippen molar-refractivity contribution < 1.29 is 19.5 Å². The van der Waals surface area contributed by atoms with Gasteiger partial charge in [-0.3, -0.25) is 14.5 Å². The third kappa shape index (κ3) is 7.40. The summed E-state index contributed by atoms with van der Waals surface area (Å²) in [4.78, 5) is 45.6. The van der Waals surface area contributed by atoms with E-state index < -0.39 is 12.1 Å². The molecular weight excluding hydrogens is 562 g/mol. The van der Waals surface area contributed by atoms with E-state index in [1.807, 2.05) is 67.0 Å². The molecule has 1 fully saturated rings. The van der Waals surface area contributed by atoms with Crippen molar-refractivity contribution in [1.82, 2.24) is 14.7 Å². The molecule has 0 radical (unpaired) electrons. The molecule has 1 aliphatic rings. The van der Waals surface area contributed by atoms with Crippen LogP contribution in [0.15, 0.2) is 90.3 Å². The summed E-state index contributed by atoms with van der Waals surface area (Å²) in [5, 5.41) is 15.1. The first-order chi connectivity index (χ1) is 20.8. The van der Waals surface area contributed by atoms with Gasteiger partial charge >= 0.3 is 6.09 Å². The standard InChI is InChI=1S/C33H35N5O4S/c1-36-15-17-37(18-16-36)32(40)29(38(33(41)42)22-24-6-3-2-4-7-24)20-23-9-11-25(12-10-23)31(39)35-28-21-26(13-14-27(28)34)30-8-5-19-43-30/h2-14,19,21,29H,15-18,20,22,34H2,1H3,(H,35,39)(H,41,42)/t29-/m0/s1. The number of thiophene rings is 1. The molecule has 0 bridgehead atoms. The van der Waals surface area contributed by atoms with E-state index >= 15 is 0 Å². The van der Waals surface area contributed by atoms with E-state index in [1.165, 1.54) is 4.90 Å². The molecule has 0 spiro atoms. The molecule has 4 aromatic rings. The number of carboxylic acid groups (broad SMARTS) is 1. The van der Waals surface area contributed by atoms with Crippen LogP contribution in [0.1, 0.15) is 21.5 Å². The van der Waals surface area contributed by atoms with Gasteiger partial charge in [0.05, 0.1) is 11.4 Å². The third-order valence-corrected chi connectivity index (χ3v) is 8.59. The average molecular weight is 598 g/mol. The van der Waals surface area contributed by atoms with Gasteiger partial charge in [-0.2, -0.15) is 0 Å². The van der Waals surface area contributed by atoms with Gasteiger partial charge in [0.2, 0.25) is 5.91 Å². The minimum Gasteiger partial charge on any atom is -0.465 e. The van der Waals surface area contributed by atoms with Crippen LogP contribution >= 0.6 is 11.3 Å². The molecular formula is C33H35N5O4S. The molecule has 0 saturated carbocycles. The van der Waals surface area contributed by atoms with Crippen LogP contribution in [0.4, 0.5) is 16.2 Å². The van der Waals surface area contributed by atoms with Gasteiger partial charge in [0, 0.05) is 49.6 Å². The van der Waals surface area contributed by atoms with E-state index in [0.717, 1.165) is 34.7 Å². The predicted molar refractivity (Wildman–Crippen MR) is 170 cm³/mol. The van der Waals surface area contributed by atoms with Crippen LogP contribution in [-0.2, 0) is 17.8 Å². The Hall–Kier alpha value is -4.67. The maximum Gasteiger partial charge on any atom is 0.408 e. The van der Waals surface area contributed by atoms with Crippen LogP contribution < -0.4 is 11.1 Å². The largest absolute Gasteiger partial charge is 0.465 e. The van der Waals surface area contributed by atoms with Crippen LogP contribution in [0.3, 0.4) is 0 Å². The number of likely N-dealkylation sites (N-methyl/N-ethyl adjacent to an activating group) is 1. The van der Waals surface area contributed by atoms with Gasteiger partial charge in [-0.15, -0.1) is 11.3 Å². The van der Waals surface area contributed by atoms with E-state index in [-0.39, 0.29) is 24.8 Å². The highest BCUT2D eigenvalue weighted by molar-refractivity contribution is 7.13. The first kappa shape index (κ1) is 29.8. The van der Waals surface area contributed by atoms with E-state index in [0.29, 0.717) is 30.0 Å². The number of nitrogens with one attached hydrogen (secondary N) is 1. The number of nitrogens with two attached hydrogens (primary N) is 1. The van der Waals surface area contributed by atoms with E-state index in [9.17, 15) is 19.5 Å². The Morgan fingerprint density at radius 3 is 2.30 bits per heavy atom. The number of hydrogen-bond acceptors (Lipinski definition) is 6. The molecule has 1 atom stereocenters. The smallest absolute Gasteiger partial charge is 0.408 e. The zero-order valence-electron chi connectivity index (χ0n) is 24.0. The molecule has 10 heteroatoms. The molecule has 1 aromatic heterocycles. The zero-order valence-corrected chi connectivity index (χ0v) is 24.8. The van der Waals surface area contributed by atoms with Gasteiger partial charge in [0.1, 0.15) is 6.04 Å². The highest BCUT2D eigenvalue weighted by Gasteiger charge is 2.34. The van der Waals surface area contributed by atoms with E-state index in [2.05, 4.69) is 10.2 Å². The predicted octanol–water partition coefficient (Wildman–Crippen LogP) is 5.11. The fourth-order valence-corrected chi connectivity index (χ4v) is 5.85. The Balaban J connectivity index is 1.34. The van der Waals surface area contributed by atoms with Crippen molar-refractivity contribution in [1.29, 1.82) is 0 Å². The Morgan fingerprint density at radius 2 is 1.65 bits per heavy atom. The molecule has 43 heavy (non-hydrogen) atoms.